The van der Waals surface area contributed by atoms with Crippen molar-refractivity contribution < 1.29 is 9.47 Å². The summed E-state index contributed by atoms with van der Waals surface area (Å²) in [6.45, 7) is 4.18. The molecule has 112 valence electrons. The second-order valence-electron chi connectivity index (χ2n) is 4.93. The molecule has 0 N–H and O–H groups in total. The zero-order valence-electron chi connectivity index (χ0n) is 12.2. The molecule has 1 aromatic carbocycles. The average Bonchev–Trinajstić information content (AvgIpc) is 2.48. The standard InChI is InChI=1S/C16H17BrClNO2/c1-10(2)14-6-11(9-18)7-16(19-14)21-15-5-4-12(20-3)8-13(15)17/h4-8,10H,9H2,1-3H3. The van der Waals surface area contributed by atoms with Gasteiger partial charge in [0.25, 0.3) is 0 Å². The number of hydrogen-bond acceptors (Lipinski definition) is 3. The first-order chi connectivity index (χ1) is 10.0. The van der Waals surface area contributed by atoms with E-state index in [4.69, 9.17) is 21.1 Å². The van der Waals surface area contributed by atoms with E-state index in [1.54, 1.807) is 7.11 Å². The van der Waals surface area contributed by atoms with Gasteiger partial charge in [0.2, 0.25) is 5.88 Å². The second kappa shape index (κ2) is 7.14. The van der Waals surface area contributed by atoms with Crippen molar-refractivity contribution in [1.82, 2.24) is 4.98 Å². The Hall–Kier alpha value is -1.26. The Labute approximate surface area is 138 Å². The van der Waals surface area contributed by atoms with E-state index >= 15 is 0 Å². The molecule has 0 spiro atoms. The maximum Gasteiger partial charge on any atom is 0.219 e. The fourth-order valence-corrected chi connectivity index (χ4v) is 2.40. The van der Waals surface area contributed by atoms with Gasteiger partial charge in [-0.2, -0.15) is 0 Å². The Bertz CT molecular complexity index is 632. The van der Waals surface area contributed by atoms with Gasteiger partial charge < -0.3 is 9.47 Å². The number of rotatable bonds is 5. The molecule has 0 bridgehead atoms. The predicted molar refractivity (Wildman–Crippen MR) is 88.7 cm³/mol. The van der Waals surface area contributed by atoms with Crippen LogP contribution in [-0.4, -0.2) is 12.1 Å². The van der Waals surface area contributed by atoms with E-state index in [0.717, 1.165) is 21.5 Å². The summed E-state index contributed by atoms with van der Waals surface area (Å²) in [5.41, 5.74) is 1.96. The predicted octanol–water partition coefficient (Wildman–Crippen LogP) is 5.51. The zero-order valence-corrected chi connectivity index (χ0v) is 14.5. The number of methoxy groups -OCH3 is 1. The molecule has 0 unspecified atom stereocenters. The maximum atomic E-state index is 5.94. The average molecular weight is 371 g/mol. The Kier molecular flexibility index (Phi) is 5.48. The minimum Gasteiger partial charge on any atom is -0.497 e. The third kappa shape index (κ3) is 4.11. The first-order valence-corrected chi connectivity index (χ1v) is 7.94. The van der Waals surface area contributed by atoms with Crippen molar-refractivity contribution in [2.75, 3.05) is 7.11 Å². The number of pyridine rings is 1. The van der Waals surface area contributed by atoms with Crippen LogP contribution in [0, 0.1) is 0 Å². The highest BCUT2D eigenvalue weighted by molar-refractivity contribution is 9.10. The van der Waals surface area contributed by atoms with Gasteiger partial charge in [0.05, 0.1) is 11.6 Å². The molecule has 0 aliphatic rings. The quantitative estimate of drug-likeness (QED) is 0.651. The third-order valence-corrected chi connectivity index (χ3v) is 3.91. The molecule has 0 aliphatic heterocycles. The highest BCUT2D eigenvalue weighted by atomic mass is 79.9. The molecule has 21 heavy (non-hydrogen) atoms. The molecule has 3 nitrogen and oxygen atoms in total. The van der Waals surface area contributed by atoms with Gasteiger partial charge in [0, 0.05) is 17.6 Å². The Morgan fingerprint density at radius 1 is 1.24 bits per heavy atom. The molecular formula is C16H17BrClNO2. The Balaban J connectivity index is 2.32. The minimum atomic E-state index is 0.315. The fourth-order valence-electron chi connectivity index (χ4n) is 1.81. The van der Waals surface area contributed by atoms with Crippen molar-refractivity contribution in [3.8, 4) is 17.4 Å². The van der Waals surface area contributed by atoms with Crippen LogP contribution in [0.15, 0.2) is 34.8 Å². The minimum absolute atomic E-state index is 0.315. The summed E-state index contributed by atoms with van der Waals surface area (Å²) >= 11 is 9.41. The molecule has 0 radical (unpaired) electrons. The summed E-state index contributed by atoms with van der Waals surface area (Å²) < 4.78 is 11.8. The van der Waals surface area contributed by atoms with E-state index in [2.05, 4.69) is 34.8 Å². The van der Waals surface area contributed by atoms with Crippen LogP contribution in [0.3, 0.4) is 0 Å². The first-order valence-electron chi connectivity index (χ1n) is 6.61. The molecule has 0 aliphatic carbocycles. The van der Waals surface area contributed by atoms with Gasteiger partial charge in [0.15, 0.2) is 0 Å². The molecule has 0 amide bonds. The zero-order chi connectivity index (χ0) is 15.4. The van der Waals surface area contributed by atoms with Gasteiger partial charge in [-0.1, -0.05) is 13.8 Å². The normalized spacial score (nSPS) is 10.8. The highest BCUT2D eigenvalue weighted by Gasteiger charge is 2.10. The lowest BCUT2D eigenvalue weighted by atomic mass is 10.1. The largest absolute Gasteiger partial charge is 0.497 e. The smallest absolute Gasteiger partial charge is 0.219 e. The summed E-state index contributed by atoms with van der Waals surface area (Å²) in [6.07, 6.45) is 0. The van der Waals surface area contributed by atoms with E-state index in [9.17, 15) is 0 Å². The first kappa shape index (κ1) is 16.1. The van der Waals surface area contributed by atoms with Crippen LogP contribution in [0.2, 0.25) is 0 Å². The van der Waals surface area contributed by atoms with Gasteiger partial charge in [-0.05, 0) is 51.7 Å². The van der Waals surface area contributed by atoms with Gasteiger partial charge in [-0.25, -0.2) is 4.98 Å². The molecule has 5 heteroatoms. The number of alkyl halides is 1. The lowest BCUT2D eigenvalue weighted by molar-refractivity contribution is 0.411. The lowest BCUT2D eigenvalue weighted by Gasteiger charge is -2.12. The monoisotopic (exact) mass is 369 g/mol. The van der Waals surface area contributed by atoms with Crippen molar-refractivity contribution in [1.29, 1.82) is 0 Å². The van der Waals surface area contributed by atoms with E-state index in [1.807, 2.05) is 30.3 Å². The summed E-state index contributed by atoms with van der Waals surface area (Å²) in [4.78, 5) is 4.53. The topological polar surface area (TPSA) is 31.4 Å². The van der Waals surface area contributed by atoms with Crippen molar-refractivity contribution in [2.24, 2.45) is 0 Å². The fraction of sp³-hybridized carbons (Fsp3) is 0.312. The van der Waals surface area contributed by atoms with E-state index < -0.39 is 0 Å². The van der Waals surface area contributed by atoms with Crippen LogP contribution in [0.25, 0.3) is 0 Å². The Morgan fingerprint density at radius 3 is 2.57 bits per heavy atom. The van der Waals surface area contributed by atoms with Crippen molar-refractivity contribution in [3.05, 3.63) is 46.1 Å². The molecule has 2 aromatic rings. The molecule has 2 rings (SSSR count). The van der Waals surface area contributed by atoms with Crippen LogP contribution >= 0.6 is 27.5 Å². The Morgan fingerprint density at radius 2 is 2.00 bits per heavy atom. The summed E-state index contributed by atoms with van der Waals surface area (Å²) in [5.74, 6) is 2.74. The number of ether oxygens (including phenoxy) is 2. The summed E-state index contributed by atoms with van der Waals surface area (Å²) in [6, 6.07) is 9.40. The van der Waals surface area contributed by atoms with E-state index in [1.165, 1.54) is 0 Å². The molecular weight excluding hydrogens is 354 g/mol. The summed E-state index contributed by atoms with van der Waals surface area (Å²) in [7, 11) is 1.63. The van der Waals surface area contributed by atoms with Gasteiger partial charge >= 0.3 is 0 Å². The molecule has 0 fully saturated rings. The van der Waals surface area contributed by atoms with Gasteiger partial charge in [-0.15, -0.1) is 11.6 Å². The molecule has 0 saturated heterocycles. The molecule has 1 heterocycles. The van der Waals surface area contributed by atoms with Gasteiger partial charge in [0.1, 0.15) is 11.5 Å². The SMILES string of the molecule is COc1ccc(Oc2cc(CCl)cc(C(C)C)n2)c(Br)c1. The van der Waals surface area contributed by atoms with Crippen molar-refractivity contribution >= 4 is 27.5 Å². The van der Waals surface area contributed by atoms with Gasteiger partial charge in [-0.3, -0.25) is 0 Å². The van der Waals surface area contributed by atoms with Crippen LogP contribution < -0.4 is 9.47 Å². The second-order valence-corrected chi connectivity index (χ2v) is 6.05. The number of halogens is 2. The number of nitrogens with zero attached hydrogens (tertiary/aromatic N) is 1. The molecule has 0 saturated carbocycles. The van der Waals surface area contributed by atoms with E-state index in [0.29, 0.717) is 23.4 Å². The maximum absolute atomic E-state index is 5.94. The number of hydrogen-bond donors (Lipinski definition) is 0. The van der Waals surface area contributed by atoms with Crippen LogP contribution in [0.4, 0.5) is 0 Å². The highest BCUT2D eigenvalue weighted by Crippen LogP contribution is 2.33. The van der Waals surface area contributed by atoms with Crippen molar-refractivity contribution in [2.45, 2.75) is 25.6 Å². The van der Waals surface area contributed by atoms with E-state index in [-0.39, 0.29) is 0 Å². The number of benzene rings is 1. The van der Waals surface area contributed by atoms with Crippen molar-refractivity contribution in [3.63, 3.8) is 0 Å². The molecule has 1 aromatic heterocycles. The van der Waals surface area contributed by atoms with Crippen LogP contribution in [0.5, 0.6) is 17.4 Å². The van der Waals surface area contributed by atoms with Crippen LogP contribution in [-0.2, 0) is 5.88 Å². The lowest BCUT2D eigenvalue weighted by Crippen LogP contribution is -1.98. The third-order valence-electron chi connectivity index (χ3n) is 2.98. The number of aromatic nitrogens is 1. The molecule has 0 atom stereocenters. The summed E-state index contributed by atoms with van der Waals surface area (Å²) in [5, 5.41) is 0. The van der Waals surface area contributed by atoms with Crippen LogP contribution in [0.1, 0.15) is 31.0 Å².